The zero-order chi connectivity index (χ0) is 12.8. The lowest BCUT2D eigenvalue weighted by Crippen LogP contribution is -2.36. The number of amides is 1. The van der Waals surface area contributed by atoms with Crippen LogP contribution in [-0.2, 0) is 0 Å². The number of benzene rings is 1. The number of hydrogen-bond acceptors (Lipinski definition) is 3. The number of phenolic OH excluding ortho intramolecular Hbond substituents is 1. The summed E-state index contributed by atoms with van der Waals surface area (Å²) in [5.41, 5.74) is 6.55. The van der Waals surface area contributed by atoms with Crippen LogP contribution in [0.15, 0.2) is 18.2 Å². The first-order chi connectivity index (χ1) is 8.11. The molecule has 3 N–H and O–H groups in total. The lowest BCUT2D eigenvalue weighted by atomic mass is 10.1. The molecule has 0 radical (unpaired) electrons. The van der Waals surface area contributed by atoms with Crippen molar-refractivity contribution >= 4 is 5.91 Å². The van der Waals surface area contributed by atoms with Crippen LogP contribution >= 0.6 is 0 Å². The zero-order valence-electron chi connectivity index (χ0n) is 10.4. The van der Waals surface area contributed by atoms with Crippen LogP contribution in [0, 0.1) is 6.92 Å². The predicted molar refractivity (Wildman–Crippen MR) is 68.1 cm³/mol. The Morgan fingerprint density at radius 1 is 1.41 bits per heavy atom. The third-order valence-corrected chi connectivity index (χ3v) is 2.65. The standard InChI is InChI=1S/C13H20N2O2/c1-3-8-15(9-7-14)13(17)11-6-4-5-10(2)12(11)16/h4-6,16H,3,7-9,14H2,1-2H3. The van der Waals surface area contributed by atoms with E-state index >= 15 is 0 Å². The summed E-state index contributed by atoms with van der Waals surface area (Å²) < 4.78 is 0. The van der Waals surface area contributed by atoms with E-state index < -0.39 is 0 Å². The van der Waals surface area contributed by atoms with E-state index in [0.717, 1.165) is 6.42 Å². The van der Waals surface area contributed by atoms with Gasteiger partial charge in [-0.3, -0.25) is 4.79 Å². The maximum absolute atomic E-state index is 12.2. The summed E-state index contributed by atoms with van der Waals surface area (Å²) in [5.74, 6) is -0.0888. The Kier molecular flexibility index (Phi) is 4.97. The number of nitrogens with two attached hydrogens (primary N) is 1. The van der Waals surface area contributed by atoms with E-state index in [1.807, 2.05) is 6.92 Å². The first-order valence-corrected chi connectivity index (χ1v) is 5.89. The molecule has 1 amide bonds. The van der Waals surface area contributed by atoms with Gasteiger partial charge in [-0.05, 0) is 25.0 Å². The van der Waals surface area contributed by atoms with Crippen LogP contribution in [0.25, 0.3) is 0 Å². The maximum atomic E-state index is 12.2. The SMILES string of the molecule is CCCN(CCN)C(=O)c1cccc(C)c1O. The highest BCUT2D eigenvalue weighted by Crippen LogP contribution is 2.22. The number of nitrogens with zero attached hydrogens (tertiary/aromatic N) is 1. The lowest BCUT2D eigenvalue weighted by Gasteiger charge is -2.22. The van der Waals surface area contributed by atoms with E-state index in [-0.39, 0.29) is 11.7 Å². The van der Waals surface area contributed by atoms with Crippen LogP contribution in [0.4, 0.5) is 0 Å². The second-order valence-electron chi connectivity index (χ2n) is 4.05. The molecule has 94 valence electrons. The number of phenols is 1. The van der Waals surface area contributed by atoms with Gasteiger partial charge in [-0.1, -0.05) is 19.1 Å². The molecule has 0 aliphatic carbocycles. The van der Waals surface area contributed by atoms with E-state index in [1.54, 1.807) is 30.0 Å². The van der Waals surface area contributed by atoms with Gasteiger partial charge in [0, 0.05) is 19.6 Å². The minimum Gasteiger partial charge on any atom is -0.507 e. The van der Waals surface area contributed by atoms with Gasteiger partial charge in [0.15, 0.2) is 0 Å². The fourth-order valence-electron chi connectivity index (χ4n) is 1.74. The average Bonchev–Trinajstić information content (AvgIpc) is 2.31. The van der Waals surface area contributed by atoms with Crippen molar-refractivity contribution < 1.29 is 9.90 Å². The lowest BCUT2D eigenvalue weighted by molar-refractivity contribution is 0.0757. The molecule has 0 aliphatic rings. The molecule has 0 heterocycles. The molecule has 1 rings (SSSR count). The van der Waals surface area contributed by atoms with E-state index in [2.05, 4.69) is 0 Å². The van der Waals surface area contributed by atoms with Gasteiger partial charge < -0.3 is 15.7 Å². The van der Waals surface area contributed by atoms with Crippen molar-refractivity contribution in [2.45, 2.75) is 20.3 Å². The summed E-state index contributed by atoms with van der Waals surface area (Å²) in [6, 6.07) is 5.19. The molecular formula is C13H20N2O2. The van der Waals surface area contributed by atoms with Gasteiger partial charge in [-0.15, -0.1) is 0 Å². The molecule has 0 saturated carbocycles. The molecule has 0 bridgehead atoms. The topological polar surface area (TPSA) is 66.6 Å². The highest BCUT2D eigenvalue weighted by Gasteiger charge is 2.18. The number of aromatic hydroxyl groups is 1. The summed E-state index contributed by atoms with van der Waals surface area (Å²) in [6.07, 6.45) is 0.873. The van der Waals surface area contributed by atoms with Gasteiger partial charge in [0.1, 0.15) is 5.75 Å². The highest BCUT2D eigenvalue weighted by molar-refractivity contribution is 5.97. The highest BCUT2D eigenvalue weighted by atomic mass is 16.3. The molecular weight excluding hydrogens is 216 g/mol. The Labute approximate surface area is 102 Å². The summed E-state index contributed by atoms with van der Waals surface area (Å²) in [6.45, 7) is 5.38. The van der Waals surface area contributed by atoms with Crippen molar-refractivity contribution in [2.75, 3.05) is 19.6 Å². The van der Waals surface area contributed by atoms with Gasteiger partial charge in [-0.25, -0.2) is 0 Å². The molecule has 4 nitrogen and oxygen atoms in total. The number of hydrogen-bond donors (Lipinski definition) is 2. The quantitative estimate of drug-likeness (QED) is 0.814. The second-order valence-corrected chi connectivity index (χ2v) is 4.05. The molecule has 0 fully saturated rings. The number of carbonyl (C=O) groups is 1. The van der Waals surface area contributed by atoms with E-state index in [0.29, 0.717) is 30.8 Å². The van der Waals surface area contributed by atoms with Crippen molar-refractivity contribution in [2.24, 2.45) is 5.73 Å². The molecule has 0 unspecified atom stereocenters. The van der Waals surface area contributed by atoms with Crippen LogP contribution in [0.5, 0.6) is 5.75 Å². The van der Waals surface area contributed by atoms with Gasteiger partial charge >= 0.3 is 0 Å². The van der Waals surface area contributed by atoms with Gasteiger partial charge in [0.25, 0.3) is 5.91 Å². The van der Waals surface area contributed by atoms with Crippen molar-refractivity contribution in [3.63, 3.8) is 0 Å². The summed E-state index contributed by atoms with van der Waals surface area (Å²) in [7, 11) is 0. The predicted octanol–water partition coefficient (Wildman–Crippen LogP) is 1.51. The Morgan fingerprint density at radius 2 is 2.12 bits per heavy atom. The first-order valence-electron chi connectivity index (χ1n) is 5.89. The van der Waals surface area contributed by atoms with Gasteiger partial charge in [0.05, 0.1) is 5.56 Å². The summed E-state index contributed by atoms with van der Waals surface area (Å²) >= 11 is 0. The van der Waals surface area contributed by atoms with Crippen molar-refractivity contribution in [3.8, 4) is 5.75 Å². The number of carbonyl (C=O) groups excluding carboxylic acids is 1. The van der Waals surface area contributed by atoms with Crippen LogP contribution in [0.2, 0.25) is 0 Å². The zero-order valence-corrected chi connectivity index (χ0v) is 10.4. The van der Waals surface area contributed by atoms with Gasteiger partial charge in [0.2, 0.25) is 0 Å². The Bertz CT molecular complexity index is 385. The smallest absolute Gasteiger partial charge is 0.257 e. The largest absolute Gasteiger partial charge is 0.507 e. The molecule has 1 aromatic rings. The Hall–Kier alpha value is -1.55. The summed E-state index contributed by atoms with van der Waals surface area (Å²) in [4.78, 5) is 13.9. The Morgan fingerprint density at radius 3 is 2.71 bits per heavy atom. The van der Waals surface area contributed by atoms with Crippen molar-refractivity contribution in [1.82, 2.24) is 4.90 Å². The normalized spacial score (nSPS) is 10.3. The number of aryl methyl sites for hydroxylation is 1. The molecule has 0 aliphatic heterocycles. The van der Waals surface area contributed by atoms with Crippen LogP contribution in [-0.4, -0.2) is 35.5 Å². The number of rotatable bonds is 5. The third kappa shape index (κ3) is 3.20. The third-order valence-electron chi connectivity index (χ3n) is 2.65. The van der Waals surface area contributed by atoms with Crippen LogP contribution in [0.1, 0.15) is 29.3 Å². The van der Waals surface area contributed by atoms with E-state index in [9.17, 15) is 9.90 Å². The molecule has 17 heavy (non-hydrogen) atoms. The fourth-order valence-corrected chi connectivity index (χ4v) is 1.74. The molecule has 0 spiro atoms. The molecule has 0 aromatic heterocycles. The van der Waals surface area contributed by atoms with Crippen LogP contribution < -0.4 is 5.73 Å². The average molecular weight is 236 g/mol. The first kappa shape index (κ1) is 13.5. The van der Waals surface area contributed by atoms with Crippen LogP contribution in [0.3, 0.4) is 0 Å². The maximum Gasteiger partial charge on any atom is 0.257 e. The Balaban J connectivity index is 2.96. The van der Waals surface area contributed by atoms with E-state index in [4.69, 9.17) is 5.73 Å². The van der Waals surface area contributed by atoms with E-state index in [1.165, 1.54) is 0 Å². The molecule has 1 aromatic carbocycles. The monoisotopic (exact) mass is 236 g/mol. The van der Waals surface area contributed by atoms with Crippen molar-refractivity contribution in [1.29, 1.82) is 0 Å². The van der Waals surface area contributed by atoms with Crippen molar-refractivity contribution in [3.05, 3.63) is 29.3 Å². The summed E-state index contributed by atoms with van der Waals surface area (Å²) in [5, 5.41) is 9.87. The fraction of sp³-hybridized carbons (Fsp3) is 0.462. The molecule has 0 saturated heterocycles. The van der Waals surface area contributed by atoms with Gasteiger partial charge in [-0.2, -0.15) is 0 Å². The molecule has 0 atom stereocenters. The minimum atomic E-state index is -0.154. The molecule has 4 heteroatoms. The number of para-hydroxylation sites is 1. The minimum absolute atomic E-state index is 0.0654. The second kappa shape index (κ2) is 6.25.